The van der Waals surface area contributed by atoms with Gasteiger partial charge in [0.05, 0.1) is 0 Å². The van der Waals surface area contributed by atoms with Crippen molar-refractivity contribution in [3.8, 4) is 0 Å². The van der Waals surface area contributed by atoms with Crippen molar-refractivity contribution in [2.75, 3.05) is 0 Å². The second-order valence-electron chi connectivity index (χ2n) is 4.62. The first-order chi connectivity index (χ1) is 6.49. The minimum absolute atomic E-state index is 0.612. The van der Waals surface area contributed by atoms with Gasteiger partial charge in [0.2, 0.25) is 0 Å². The molecule has 1 rings (SSSR count). The minimum atomic E-state index is 0.612. The number of hydrogen-bond donors (Lipinski definition) is 0. The second kappa shape index (κ2) is 4.83. The molecular weight excluding hydrogens is 196 g/mol. The molecule has 1 heterocycles. The van der Waals surface area contributed by atoms with Crippen molar-refractivity contribution in [1.29, 1.82) is 0 Å². The van der Waals surface area contributed by atoms with Crippen LogP contribution >= 0.6 is 11.6 Å². The Morgan fingerprint density at radius 1 is 1.29 bits per heavy atom. The molecule has 0 saturated heterocycles. The number of imidazole rings is 1. The number of halogens is 1. The van der Waals surface area contributed by atoms with Gasteiger partial charge in [-0.2, -0.15) is 0 Å². The highest BCUT2D eigenvalue weighted by atomic mass is 35.5. The van der Waals surface area contributed by atoms with E-state index >= 15 is 0 Å². The van der Waals surface area contributed by atoms with Crippen LogP contribution in [-0.2, 0) is 13.0 Å². The largest absolute Gasteiger partial charge is 0.333 e. The van der Waals surface area contributed by atoms with Crippen molar-refractivity contribution in [2.24, 2.45) is 11.8 Å². The van der Waals surface area contributed by atoms with Gasteiger partial charge in [-0.3, -0.25) is 0 Å². The van der Waals surface area contributed by atoms with E-state index in [4.69, 9.17) is 11.6 Å². The fourth-order valence-corrected chi connectivity index (χ4v) is 1.71. The lowest BCUT2D eigenvalue weighted by atomic mass is 10.1. The van der Waals surface area contributed by atoms with Gasteiger partial charge in [-0.15, -0.1) is 0 Å². The van der Waals surface area contributed by atoms with Gasteiger partial charge in [-0.05, 0) is 11.8 Å². The molecule has 0 aromatic carbocycles. The lowest BCUT2D eigenvalue weighted by molar-refractivity contribution is 0.490. The molecule has 3 heteroatoms. The number of hydrogen-bond acceptors (Lipinski definition) is 1. The van der Waals surface area contributed by atoms with Gasteiger partial charge < -0.3 is 4.57 Å². The molecule has 0 bridgehead atoms. The lowest BCUT2D eigenvalue weighted by Gasteiger charge is -2.11. The summed E-state index contributed by atoms with van der Waals surface area (Å²) in [5, 5.41) is 0.612. The smallest absolute Gasteiger partial charge is 0.147 e. The van der Waals surface area contributed by atoms with Crippen LogP contribution < -0.4 is 0 Å². The summed E-state index contributed by atoms with van der Waals surface area (Å²) in [6.07, 6.45) is 2.93. The molecule has 0 unspecified atom stereocenters. The van der Waals surface area contributed by atoms with Gasteiger partial charge in [0.1, 0.15) is 11.0 Å². The third kappa shape index (κ3) is 3.33. The third-order valence-electron chi connectivity index (χ3n) is 1.98. The molecule has 0 atom stereocenters. The first kappa shape index (κ1) is 11.6. The van der Waals surface area contributed by atoms with Gasteiger partial charge in [0.15, 0.2) is 0 Å². The van der Waals surface area contributed by atoms with E-state index in [1.807, 2.05) is 6.20 Å². The van der Waals surface area contributed by atoms with Crippen molar-refractivity contribution in [3.63, 3.8) is 0 Å². The maximum absolute atomic E-state index is 5.90. The van der Waals surface area contributed by atoms with Crippen LogP contribution in [0, 0.1) is 11.8 Å². The maximum atomic E-state index is 5.90. The summed E-state index contributed by atoms with van der Waals surface area (Å²) in [7, 11) is 0. The topological polar surface area (TPSA) is 17.8 Å². The van der Waals surface area contributed by atoms with E-state index in [9.17, 15) is 0 Å². The standard InChI is InChI=1S/C11H19ClN2/c1-8(2)5-11-13-10(12)7-14(11)6-9(3)4/h7-9H,5-6H2,1-4H3. The molecule has 80 valence electrons. The molecule has 0 amide bonds. The van der Waals surface area contributed by atoms with Gasteiger partial charge in [-0.1, -0.05) is 39.3 Å². The second-order valence-corrected chi connectivity index (χ2v) is 5.01. The van der Waals surface area contributed by atoms with Crippen LogP contribution in [-0.4, -0.2) is 9.55 Å². The molecule has 0 spiro atoms. The number of nitrogens with zero attached hydrogens (tertiary/aromatic N) is 2. The summed E-state index contributed by atoms with van der Waals surface area (Å²) in [4.78, 5) is 4.33. The highest BCUT2D eigenvalue weighted by Gasteiger charge is 2.09. The van der Waals surface area contributed by atoms with Gasteiger partial charge in [0.25, 0.3) is 0 Å². The highest BCUT2D eigenvalue weighted by Crippen LogP contribution is 2.14. The molecule has 0 aliphatic heterocycles. The number of aromatic nitrogens is 2. The molecule has 0 fully saturated rings. The van der Waals surface area contributed by atoms with Crippen molar-refractivity contribution >= 4 is 11.6 Å². The average Bonchev–Trinajstić information content (AvgIpc) is 2.28. The van der Waals surface area contributed by atoms with Crippen LogP contribution in [0.4, 0.5) is 0 Å². The Morgan fingerprint density at radius 3 is 2.43 bits per heavy atom. The Kier molecular flexibility index (Phi) is 3.99. The summed E-state index contributed by atoms with van der Waals surface area (Å²) in [5.74, 6) is 2.37. The third-order valence-corrected chi connectivity index (χ3v) is 2.16. The van der Waals surface area contributed by atoms with Crippen LogP contribution in [0.1, 0.15) is 33.5 Å². The van der Waals surface area contributed by atoms with E-state index < -0.39 is 0 Å². The van der Waals surface area contributed by atoms with E-state index in [-0.39, 0.29) is 0 Å². The van der Waals surface area contributed by atoms with E-state index in [0.29, 0.717) is 17.0 Å². The molecule has 0 N–H and O–H groups in total. The van der Waals surface area contributed by atoms with Crippen molar-refractivity contribution < 1.29 is 0 Å². The van der Waals surface area contributed by atoms with Crippen LogP contribution in [0.15, 0.2) is 6.20 Å². The summed E-state index contributed by atoms with van der Waals surface area (Å²) >= 11 is 5.90. The van der Waals surface area contributed by atoms with E-state index in [0.717, 1.165) is 18.8 Å². The van der Waals surface area contributed by atoms with E-state index in [1.165, 1.54) is 0 Å². The molecular formula is C11H19ClN2. The van der Waals surface area contributed by atoms with Crippen molar-refractivity contribution in [2.45, 2.75) is 40.7 Å². The predicted molar refractivity (Wildman–Crippen MR) is 60.6 cm³/mol. The quantitative estimate of drug-likeness (QED) is 0.752. The Labute approximate surface area is 91.3 Å². The Morgan fingerprint density at radius 2 is 1.93 bits per heavy atom. The van der Waals surface area contributed by atoms with Crippen molar-refractivity contribution in [1.82, 2.24) is 9.55 Å². The molecule has 0 saturated carbocycles. The lowest BCUT2D eigenvalue weighted by Crippen LogP contribution is -2.09. The van der Waals surface area contributed by atoms with Gasteiger partial charge in [-0.25, -0.2) is 4.98 Å². The zero-order valence-corrected chi connectivity index (χ0v) is 10.2. The van der Waals surface area contributed by atoms with Crippen LogP contribution in [0.2, 0.25) is 5.15 Å². The van der Waals surface area contributed by atoms with E-state index in [1.54, 1.807) is 0 Å². The summed E-state index contributed by atoms with van der Waals surface area (Å²) < 4.78 is 2.17. The van der Waals surface area contributed by atoms with E-state index in [2.05, 4.69) is 37.2 Å². The fourth-order valence-electron chi connectivity index (χ4n) is 1.50. The molecule has 2 nitrogen and oxygen atoms in total. The zero-order valence-electron chi connectivity index (χ0n) is 9.42. The molecule has 14 heavy (non-hydrogen) atoms. The first-order valence-electron chi connectivity index (χ1n) is 5.20. The Hall–Kier alpha value is -0.500. The maximum Gasteiger partial charge on any atom is 0.147 e. The molecule has 1 aromatic heterocycles. The van der Waals surface area contributed by atoms with Gasteiger partial charge >= 0.3 is 0 Å². The summed E-state index contributed by atoms with van der Waals surface area (Å²) in [6.45, 7) is 9.80. The summed E-state index contributed by atoms with van der Waals surface area (Å²) in [6, 6.07) is 0. The Bertz CT molecular complexity index is 262. The normalized spacial score (nSPS) is 11.6. The molecule has 0 aliphatic carbocycles. The SMILES string of the molecule is CC(C)Cc1nc(Cl)cn1CC(C)C. The summed E-state index contributed by atoms with van der Waals surface area (Å²) in [5.41, 5.74) is 0. The number of rotatable bonds is 4. The molecule has 0 radical (unpaired) electrons. The zero-order chi connectivity index (χ0) is 10.7. The molecule has 1 aromatic rings. The van der Waals surface area contributed by atoms with Gasteiger partial charge in [0, 0.05) is 19.2 Å². The fraction of sp³-hybridized carbons (Fsp3) is 0.727. The van der Waals surface area contributed by atoms with Crippen LogP contribution in [0.5, 0.6) is 0 Å². The van der Waals surface area contributed by atoms with Crippen LogP contribution in [0.3, 0.4) is 0 Å². The van der Waals surface area contributed by atoms with Crippen molar-refractivity contribution in [3.05, 3.63) is 17.2 Å². The highest BCUT2D eigenvalue weighted by molar-refractivity contribution is 6.29. The predicted octanol–water partition coefficient (Wildman–Crippen LogP) is 3.39. The monoisotopic (exact) mass is 214 g/mol. The average molecular weight is 215 g/mol. The first-order valence-corrected chi connectivity index (χ1v) is 5.58. The Balaban J connectivity index is 2.80. The minimum Gasteiger partial charge on any atom is -0.333 e. The van der Waals surface area contributed by atoms with Crippen LogP contribution in [0.25, 0.3) is 0 Å². The molecule has 0 aliphatic rings.